The molecule has 0 spiro atoms. The second kappa shape index (κ2) is 5.46. The molecule has 0 fully saturated rings. The second-order valence-electron chi connectivity index (χ2n) is 4.42. The minimum atomic E-state index is -0.926. The number of aryl methyl sites for hydroxylation is 1. The molecule has 1 atom stereocenters. The zero-order chi connectivity index (χ0) is 14.0. The van der Waals surface area contributed by atoms with E-state index in [1.165, 1.54) is 11.3 Å². The van der Waals surface area contributed by atoms with Crippen molar-refractivity contribution in [2.24, 2.45) is 0 Å². The molecule has 0 aromatic carbocycles. The van der Waals surface area contributed by atoms with Crippen LogP contribution >= 0.6 is 11.3 Å². The average Bonchev–Trinajstić information content (AvgIpc) is 2.72. The lowest BCUT2D eigenvalue weighted by Gasteiger charge is -2.22. The monoisotopic (exact) mass is 277 g/mol. The summed E-state index contributed by atoms with van der Waals surface area (Å²) in [6.07, 6.45) is 3.49. The van der Waals surface area contributed by atoms with Crippen LogP contribution in [0.1, 0.15) is 32.0 Å². The summed E-state index contributed by atoms with van der Waals surface area (Å²) in [5.74, 6) is -0.926. The van der Waals surface area contributed by atoms with E-state index in [-0.39, 0.29) is 6.04 Å². The van der Waals surface area contributed by atoms with Gasteiger partial charge < -0.3 is 5.11 Å². The fraction of sp³-hybridized carbons (Fsp3) is 0.308. The van der Waals surface area contributed by atoms with Gasteiger partial charge in [0.15, 0.2) is 0 Å². The molecule has 1 unspecified atom stereocenters. The predicted molar refractivity (Wildman–Crippen MR) is 73.6 cm³/mol. The van der Waals surface area contributed by atoms with E-state index < -0.39 is 5.97 Å². The summed E-state index contributed by atoms with van der Waals surface area (Å²) in [5, 5.41) is 9.89. The molecule has 0 saturated heterocycles. The van der Waals surface area contributed by atoms with Gasteiger partial charge in [0, 0.05) is 12.4 Å². The second-order valence-corrected chi connectivity index (χ2v) is 5.45. The highest BCUT2D eigenvalue weighted by Gasteiger charge is 2.23. The third-order valence-electron chi connectivity index (χ3n) is 2.76. The van der Waals surface area contributed by atoms with Gasteiger partial charge in [-0.3, -0.25) is 9.88 Å². The molecule has 0 amide bonds. The van der Waals surface area contributed by atoms with E-state index in [1.54, 1.807) is 19.3 Å². The first-order valence-corrected chi connectivity index (χ1v) is 6.59. The molecule has 0 aliphatic rings. The van der Waals surface area contributed by atoms with Crippen LogP contribution in [0, 0.1) is 6.92 Å². The summed E-state index contributed by atoms with van der Waals surface area (Å²) in [5.41, 5.74) is 1.56. The van der Waals surface area contributed by atoms with Crippen LogP contribution < -0.4 is 0 Å². The number of thiazole rings is 1. The molecular formula is C13H15N3O2S. The smallest absolute Gasteiger partial charge is 0.347 e. The third-order valence-corrected chi connectivity index (χ3v) is 3.96. The lowest BCUT2D eigenvalue weighted by molar-refractivity contribution is 0.0701. The van der Waals surface area contributed by atoms with Gasteiger partial charge in [-0.15, -0.1) is 11.3 Å². The van der Waals surface area contributed by atoms with Crippen molar-refractivity contribution in [1.29, 1.82) is 0 Å². The van der Waals surface area contributed by atoms with Crippen LogP contribution in [-0.4, -0.2) is 40.0 Å². The highest BCUT2D eigenvalue weighted by molar-refractivity contribution is 7.13. The molecule has 100 valence electrons. The van der Waals surface area contributed by atoms with Crippen LogP contribution in [0.25, 0.3) is 0 Å². The number of carboxylic acids is 1. The van der Waals surface area contributed by atoms with Crippen LogP contribution in [0.4, 0.5) is 0 Å². The Kier molecular flexibility index (Phi) is 3.92. The maximum Gasteiger partial charge on any atom is 0.347 e. The molecule has 5 nitrogen and oxygen atoms in total. The molecule has 0 aliphatic heterocycles. The lowest BCUT2D eigenvalue weighted by Crippen LogP contribution is -2.21. The Morgan fingerprint density at radius 2 is 2.21 bits per heavy atom. The lowest BCUT2D eigenvalue weighted by atomic mass is 10.1. The molecule has 0 aliphatic carbocycles. The summed E-state index contributed by atoms with van der Waals surface area (Å²) in [6, 6.07) is 3.75. The maximum atomic E-state index is 11.1. The highest BCUT2D eigenvalue weighted by Crippen LogP contribution is 2.31. The Labute approximate surface area is 115 Å². The Morgan fingerprint density at radius 3 is 2.68 bits per heavy atom. The minimum Gasteiger partial charge on any atom is -0.477 e. The van der Waals surface area contributed by atoms with Crippen molar-refractivity contribution in [2.75, 3.05) is 14.1 Å². The van der Waals surface area contributed by atoms with E-state index >= 15 is 0 Å². The van der Waals surface area contributed by atoms with E-state index in [0.717, 1.165) is 10.6 Å². The van der Waals surface area contributed by atoms with Crippen LogP contribution in [0.3, 0.4) is 0 Å². The first kappa shape index (κ1) is 13.6. The molecule has 2 rings (SSSR count). The number of hydrogen-bond donors (Lipinski definition) is 1. The standard InChI is InChI=1S/C13H15N3O2S/c1-8-11(13(17)18)19-12(15-8)10(16(2)3)9-5-4-6-14-7-9/h4-7,10H,1-3H3,(H,17,18). The van der Waals surface area contributed by atoms with Gasteiger partial charge in [0.25, 0.3) is 0 Å². The van der Waals surface area contributed by atoms with E-state index in [9.17, 15) is 4.79 Å². The number of hydrogen-bond acceptors (Lipinski definition) is 5. The number of aromatic carboxylic acids is 1. The third kappa shape index (κ3) is 2.80. The summed E-state index contributed by atoms with van der Waals surface area (Å²) in [6.45, 7) is 1.72. The molecule has 0 bridgehead atoms. The first-order chi connectivity index (χ1) is 9.00. The highest BCUT2D eigenvalue weighted by atomic mass is 32.1. The van der Waals surface area contributed by atoms with Gasteiger partial charge in [0.2, 0.25) is 0 Å². The maximum absolute atomic E-state index is 11.1. The number of nitrogens with zero attached hydrogens (tertiary/aromatic N) is 3. The zero-order valence-corrected chi connectivity index (χ0v) is 11.8. The molecule has 6 heteroatoms. The molecule has 2 aromatic heterocycles. The Bertz CT molecular complexity index is 581. The van der Waals surface area contributed by atoms with E-state index in [1.807, 2.05) is 31.1 Å². The molecule has 2 aromatic rings. The Balaban J connectivity index is 2.46. The topological polar surface area (TPSA) is 66.3 Å². The van der Waals surface area contributed by atoms with Crippen molar-refractivity contribution in [3.05, 3.63) is 45.7 Å². The number of rotatable bonds is 4. The molecule has 0 radical (unpaired) electrons. The summed E-state index contributed by atoms with van der Waals surface area (Å²) >= 11 is 1.22. The molecule has 0 saturated carbocycles. The average molecular weight is 277 g/mol. The molecule has 19 heavy (non-hydrogen) atoms. The predicted octanol–water partition coefficient (Wildman–Crippen LogP) is 2.20. The van der Waals surface area contributed by atoms with Crippen molar-refractivity contribution in [3.8, 4) is 0 Å². The fourth-order valence-electron chi connectivity index (χ4n) is 1.93. The van der Waals surface area contributed by atoms with Gasteiger partial charge in [-0.1, -0.05) is 6.07 Å². The fourth-order valence-corrected chi connectivity index (χ4v) is 3.06. The Morgan fingerprint density at radius 1 is 1.47 bits per heavy atom. The van der Waals surface area contributed by atoms with Crippen LogP contribution in [0.5, 0.6) is 0 Å². The van der Waals surface area contributed by atoms with Crippen LogP contribution in [-0.2, 0) is 0 Å². The van der Waals surface area contributed by atoms with Gasteiger partial charge in [-0.05, 0) is 32.6 Å². The summed E-state index contributed by atoms with van der Waals surface area (Å²) in [7, 11) is 3.88. The van der Waals surface area contributed by atoms with Crippen LogP contribution in [0.15, 0.2) is 24.5 Å². The molecule has 1 N–H and O–H groups in total. The van der Waals surface area contributed by atoms with Crippen molar-refractivity contribution >= 4 is 17.3 Å². The molecule has 2 heterocycles. The minimum absolute atomic E-state index is 0.0782. The van der Waals surface area contributed by atoms with Crippen molar-refractivity contribution in [1.82, 2.24) is 14.9 Å². The van der Waals surface area contributed by atoms with Gasteiger partial charge in [-0.2, -0.15) is 0 Å². The van der Waals surface area contributed by atoms with Gasteiger partial charge in [0.05, 0.1) is 11.7 Å². The quantitative estimate of drug-likeness (QED) is 0.928. The summed E-state index contributed by atoms with van der Waals surface area (Å²) < 4.78 is 0. The number of carbonyl (C=O) groups is 1. The SMILES string of the molecule is Cc1nc(C(c2cccnc2)N(C)C)sc1C(=O)O. The number of carboxylic acid groups (broad SMARTS) is 1. The van der Waals surface area contributed by atoms with Crippen LogP contribution in [0.2, 0.25) is 0 Å². The van der Waals surface area contributed by atoms with Crippen molar-refractivity contribution in [3.63, 3.8) is 0 Å². The first-order valence-electron chi connectivity index (χ1n) is 5.77. The Hall–Kier alpha value is -1.79. The number of aromatic nitrogens is 2. The van der Waals surface area contributed by atoms with Crippen molar-refractivity contribution in [2.45, 2.75) is 13.0 Å². The van der Waals surface area contributed by atoms with E-state index in [2.05, 4.69) is 9.97 Å². The van der Waals surface area contributed by atoms with E-state index in [4.69, 9.17) is 5.11 Å². The van der Waals surface area contributed by atoms with Gasteiger partial charge in [0.1, 0.15) is 9.88 Å². The molecular weight excluding hydrogens is 262 g/mol. The van der Waals surface area contributed by atoms with E-state index in [0.29, 0.717) is 10.6 Å². The number of pyridine rings is 1. The zero-order valence-electron chi connectivity index (χ0n) is 11.0. The van der Waals surface area contributed by atoms with Gasteiger partial charge in [-0.25, -0.2) is 9.78 Å². The largest absolute Gasteiger partial charge is 0.477 e. The normalized spacial score (nSPS) is 12.6. The van der Waals surface area contributed by atoms with Crippen molar-refractivity contribution < 1.29 is 9.90 Å². The van der Waals surface area contributed by atoms with Gasteiger partial charge >= 0.3 is 5.97 Å². The summed E-state index contributed by atoms with van der Waals surface area (Å²) in [4.78, 5) is 21.9.